The van der Waals surface area contributed by atoms with Crippen LogP contribution in [0.5, 0.6) is 0 Å². The van der Waals surface area contributed by atoms with Crippen LogP contribution in [-0.4, -0.2) is 211 Å². The number of benzene rings is 4. The summed E-state index contributed by atoms with van der Waals surface area (Å²) in [6.07, 6.45) is 7.87. The van der Waals surface area contributed by atoms with Crippen molar-refractivity contribution >= 4 is 110 Å². The second-order valence-electron chi connectivity index (χ2n) is 33.6. The molecule has 0 spiro atoms. The Hall–Kier alpha value is -10.1. The number of hydrogen-bond donors (Lipinski definition) is 9. The van der Waals surface area contributed by atoms with Gasteiger partial charge in [0, 0.05) is 86.4 Å². The summed E-state index contributed by atoms with van der Waals surface area (Å²) in [5.41, 5.74) is 9.23. The molecule has 8 atom stereocenters. The summed E-state index contributed by atoms with van der Waals surface area (Å²) in [7, 11) is -2.71. The fourth-order valence-corrected chi connectivity index (χ4v) is 17.0. The number of para-hydroxylation sites is 1. The molecule has 34 heteroatoms. The number of nitrogens with one attached hydrogen (secondary N) is 8. The molecule has 1 fully saturated rings. The van der Waals surface area contributed by atoms with Crippen molar-refractivity contribution in [3.8, 4) is 0 Å². The van der Waals surface area contributed by atoms with E-state index in [1.165, 1.54) is 62.5 Å². The number of anilines is 2. The lowest BCUT2D eigenvalue weighted by atomic mass is 9.83. The summed E-state index contributed by atoms with van der Waals surface area (Å²) in [5.74, 6) is -6.38. The number of ether oxygens (including phenoxy) is 5. The van der Waals surface area contributed by atoms with Crippen molar-refractivity contribution in [2.45, 2.75) is 233 Å². The number of fused-ring (bicyclic) bond motifs is 2. The van der Waals surface area contributed by atoms with E-state index in [1.807, 2.05) is 100.0 Å². The van der Waals surface area contributed by atoms with Gasteiger partial charge >= 0.3 is 12.0 Å². The summed E-state index contributed by atoms with van der Waals surface area (Å²) in [5, 5.41) is 21.3. The SMILES string of the molecule is CCCCCCN(C(=O)[C@@H](NC(=O)[C@H]1CCCCN1C)[C@@H](C)CC)[C@H](C[C@@H](OC(C)=O)c1nc(C(=O)N[C@@H](Cc2ccc(F)cc2)CC(C)(C)C(=O)NS(=O)(=O)c2ccc(NC(=O)[C@H](CCCNC(N)=O)NC(=O)[C@@H](NC(=O)CCOCCOCCOCCOCCNC(=O)CCC(=O)N3Cc4ccccc4/C=C(/C)c4ccccc43)C(C)C)cc2)cs1)C(C)C. The highest BCUT2D eigenvalue weighted by Gasteiger charge is 2.41. The molecule has 692 valence electrons. The van der Waals surface area contributed by atoms with Gasteiger partial charge in [-0.05, 0) is 148 Å². The van der Waals surface area contributed by atoms with Crippen LogP contribution in [0.2, 0.25) is 0 Å². The Morgan fingerprint density at radius 3 is 2.02 bits per heavy atom. The lowest BCUT2D eigenvalue weighted by Gasteiger charge is -2.40. The molecular weight excluding hydrogens is 1660 g/mol. The molecule has 1 saturated heterocycles. The van der Waals surface area contributed by atoms with E-state index in [4.69, 9.17) is 34.4 Å². The van der Waals surface area contributed by atoms with Gasteiger partial charge in [0.2, 0.25) is 47.3 Å². The number of sulfonamides is 1. The van der Waals surface area contributed by atoms with Crippen LogP contribution in [-0.2, 0) is 89.8 Å². The van der Waals surface area contributed by atoms with Crippen molar-refractivity contribution < 1.29 is 89.2 Å². The lowest BCUT2D eigenvalue weighted by Crippen LogP contribution is -2.59. The molecule has 1 aromatic heterocycles. The van der Waals surface area contributed by atoms with E-state index in [-0.39, 0.29) is 180 Å². The van der Waals surface area contributed by atoms with Crippen LogP contribution in [0.4, 0.5) is 20.6 Å². The number of carbonyl (C=O) groups excluding carboxylic acids is 11. The fourth-order valence-electron chi connectivity index (χ4n) is 15.0. The number of esters is 1. The number of unbranched alkanes of at least 4 members (excludes halogenated alkanes) is 3. The molecular formula is C92H132FN13O18S2. The molecule has 31 nitrogen and oxygen atoms in total. The van der Waals surface area contributed by atoms with Gasteiger partial charge in [0.25, 0.3) is 15.9 Å². The molecule has 11 amide bonds. The third kappa shape index (κ3) is 33.6. The third-order valence-electron chi connectivity index (χ3n) is 22.4. The van der Waals surface area contributed by atoms with E-state index in [9.17, 15) is 60.8 Å². The van der Waals surface area contributed by atoms with E-state index in [1.54, 1.807) is 18.7 Å². The fraction of sp³-hybridized carbons (Fsp3) is 0.565. The highest BCUT2D eigenvalue weighted by Crippen LogP contribution is 2.36. The van der Waals surface area contributed by atoms with Crippen LogP contribution in [0.3, 0.4) is 0 Å². The van der Waals surface area contributed by atoms with E-state index in [0.29, 0.717) is 37.9 Å². The maximum absolute atomic E-state index is 15.2. The molecule has 0 bridgehead atoms. The van der Waals surface area contributed by atoms with E-state index < -0.39 is 105 Å². The topological polar surface area (TPSA) is 413 Å². The summed E-state index contributed by atoms with van der Waals surface area (Å²) in [6, 6.07) is 20.3. The molecule has 3 heterocycles. The second-order valence-corrected chi connectivity index (χ2v) is 36.1. The molecule has 2 aliphatic rings. The molecule has 10 N–H and O–H groups in total. The van der Waals surface area contributed by atoms with Crippen molar-refractivity contribution in [2.24, 2.45) is 28.9 Å². The summed E-state index contributed by atoms with van der Waals surface area (Å²) in [4.78, 5) is 160. The van der Waals surface area contributed by atoms with Crippen molar-refractivity contribution in [2.75, 3.05) is 96.3 Å². The zero-order valence-electron chi connectivity index (χ0n) is 75.1. The van der Waals surface area contributed by atoms with E-state index in [2.05, 4.69) is 54.9 Å². The maximum Gasteiger partial charge on any atom is 0.312 e. The number of hydrogen-bond acceptors (Lipinski definition) is 21. The quantitative estimate of drug-likeness (QED) is 0.0129. The maximum atomic E-state index is 15.2. The molecule has 0 unspecified atom stereocenters. The number of thiazole rings is 1. The Kier molecular flexibility index (Phi) is 42.7. The van der Waals surface area contributed by atoms with Crippen molar-refractivity contribution in [1.29, 1.82) is 0 Å². The van der Waals surface area contributed by atoms with Crippen LogP contribution < -0.4 is 52.6 Å². The number of nitrogens with zero attached hydrogens (tertiary/aromatic N) is 4. The zero-order chi connectivity index (χ0) is 92.0. The van der Waals surface area contributed by atoms with Crippen LogP contribution in [0.25, 0.3) is 11.6 Å². The first-order valence-corrected chi connectivity index (χ1v) is 46.3. The van der Waals surface area contributed by atoms with Gasteiger partial charge in [-0.15, -0.1) is 11.3 Å². The number of rotatable bonds is 53. The number of likely N-dealkylation sites (tertiary alicyclic amines) is 1. The average Bonchev–Trinajstić information content (AvgIpc) is 0.932. The Balaban J connectivity index is 0.866. The molecule has 4 aromatic carbocycles. The van der Waals surface area contributed by atoms with Crippen molar-refractivity contribution in [3.63, 3.8) is 0 Å². The minimum atomic E-state index is -4.63. The molecule has 0 saturated carbocycles. The van der Waals surface area contributed by atoms with E-state index >= 15 is 4.79 Å². The first-order chi connectivity index (χ1) is 60.1. The molecule has 7 rings (SSSR count). The number of amides is 11. The molecule has 0 aliphatic carbocycles. The monoisotopic (exact) mass is 1790 g/mol. The van der Waals surface area contributed by atoms with Gasteiger partial charge in [0.05, 0.1) is 76.0 Å². The molecule has 126 heavy (non-hydrogen) atoms. The average molecular weight is 1790 g/mol. The van der Waals surface area contributed by atoms with Crippen LogP contribution in [0.1, 0.15) is 216 Å². The Morgan fingerprint density at radius 1 is 0.706 bits per heavy atom. The van der Waals surface area contributed by atoms with Gasteiger partial charge in [-0.25, -0.2) is 27.3 Å². The number of aromatic nitrogens is 1. The molecule has 0 radical (unpaired) electrons. The smallest absolute Gasteiger partial charge is 0.312 e. The number of allylic oxidation sites excluding steroid dienone is 1. The Morgan fingerprint density at radius 2 is 1.37 bits per heavy atom. The van der Waals surface area contributed by atoms with Gasteiger partial charge in [0.15, 0.2) is 6.10 Å². The van der Waals surface area contributed by atoms with Gasteiger partial charge < -0.3 is 76.4 Å². The first-order valence-electron chi connectivity index (χ1n) is 43.9. The summed E-state index contributed by atoms with van der Waals surface area (Å²) in [6.45, 7) is 23.2. The predicted octanol–water partition coefficient (Wildman–Crippen LogP) is 10.5. The number of primary amides is 1. The highest BCUT2D eigenvalue weighted by atomic mass is 32.2. The van der Waals surface area contributed by atoms with Crippen LogP contribution in [0, 0.1) is 29.0 Å². The van der Waals surface area contributed by atoms with Gasteiger partial charge in [-0.1, -0.05) is 155 Å². The third-order valence-corrected chi connectivity index (χ3v) is 24.7. The van der Waals surface area contributed by atoms with Gasteiger partial charge in [0.1, 0.15) is 34.6 Å². The number of halogens is 1. The van der Waals surface area contributed by atoms with Crippen LogP contribution in [0.15, 0.2) is 107 Å². The lowest BCUT2D eigenvalue weighted by molar-refractivity contribution is -0.150. The van der Waals surface area contributed by atoms with Gasteiger partial charge in [-0.2, -0.15) is 0 Å². The number of urea groups is 1. The minimum Gasteiger partial charge on any atom is -0.455 e. The van der Waals surface area contributed by atoms with Crippen molar-refractivity contribution in [1.82, 2.24) is 51.4 Å². The van der Waals surface area contributed by atoms with Crippen LogP contribution >= 0.6 is 11.3 Å². The highest BCUT2D eigenvalue weighted by molar-refractivity contribution is 7.90. The largest absolute Gasteiger partial charge is 0.455 e. The summed E-state index contributed by atoms with van der Waals surface area (Å²) >= 11 is 1.08. The number of carbonyl (C=O) groups is 11. The normalized spacial score (nSPS) is 15.7. The Bertz CT molecular complexity index is 4550. The summed E-state index contributed by atoms with van der Waals surface area (Å²) < 4.78 is 73.0. The van der Waals surface area contributed by atoms with E-state index in [0.717, 1.165) is 90.1 Å². The zero-order valence-corrected chi connectivity index (χ0v) is 76.7. The predicted molar refractivity (Wildman–Crippen MR) is 481 cm³/mol. The number of piperidine rings is 1. The standard InChI is InChI=1S/C92H132FN13O18S2/c1-13-15-16-22-45-105(89(115)83(62(7)14-2)102-86(113)76-30-21-23-44-104(76)12)77(60(3)4)56-78(124-64(9)107)88-100-74(59-125-88)85(112)98-70(55-65-31-33-68(93)34-32-65)57-92(10,11)90(116)103-126(118,119)71-37-35-69(36-38-71)97-84(111)73(28-24-42-96-91(94)117)99-87(114)82(61(5)6)101-80(109)41-46-120-48-50-122-52-53-123-51-49-121-47-43-95-79(108)39-40-81(110)106-58-67-26-18-17-25-66(67)54-63(8)72-27-19-20-29-75(72)106/h17-20,25-27,29,31-38,54,59-62,70,73,76-78,82-83H,13-16,21-24,28,30,39-53,55-58H2,1-12H3,(H,95,108)(H,97,111)(H,98,112)(H,99,114)(H,101,109)(H,102,113)(H,103,116)(H3,94,96,117)/b63-54-/t62-,70-,73-,76+,77+,78+,82-,83-/m0/s1. The molecule has 5 aromatic rings. The van der Waals surface area contributed by atoms with Crippen molar-refractivity contribution in [3.05, 3.63) is 141 Å². The first kappa shape index (κ1) is 103. The number of nitrogens with two attached hydrogens (primary N) is 1. The molecule has 2 aliphatic heterocycles. The number of likely N-dealkylation sites (N-methyl/N-ethyl adjacent to an activating group) is 1. The minimum absolute atomic E-state index is 0.00280. The second kappa shape index (κ2) is 52.3. The van der Waals surface area contributed by atoms with Gasteiger partial charge in [-0.3, -0.25) is 52.8 Å². The Labute approximate surface area is 745 Å².